The Kier molecular flexibility index (Phi) is 27.4. The van der Waals surface area contributed by atoms with E-state index in [1.165, 1.54) is 0 Å². The van der Waals surface area contributed by atoms with Crippen molar-refractivity contribution in [1.82, 2.24) is 0 Å². The zero-order chi connectivity index (χ0) is 25.4. The van der Waals surface area contributed by atoms with Gasteiger partial charge in [0, 0.05) is 36.6 Å². The van der Waals surface area contributed by atoms with Gasteiger partial charge in [0.25, 0.3) is 0 Å². The first-order chi connectivity index (χ1) is 14.1. The average Bonchev–Trinajstić information content (AvgIpc) is 2.56. The van der Waals surface area contributed by atoms with Gasteiger partial charge in [0.15, 0.2) is 23.0 Å². The third kappa shape index (κ3) is 15.0. The summed E-state index contributed by atoms with van der Waals surface area (Å²) in [5.41, 5.74) is 0. The van der Waals surface area contributed by atoms with E-state index in [9.17, 15) is 51.9 Å². The van der Waals surface area contributed by atoms with Crippen LogP contribution in [0.2, 0.25) is 0 Å². The second-order valence-corrected chi connectivity index (χ2v) is 10.9. The van der Waals surface area contributed by atoms with Gasteiger partial charge in [0.05, 0.1) is 9.79 Å². The topological polar surface area (TPSA) is 530 Å². The molecule has 0 heterocycles. The summed E-state index contributed by atoms with van der Waals surface area (Å²) in [7, 11) is -20.5. The molecule has 40 heavy (non-hydrogen) atoms. The van der Waals surface area contributed by atoms with E-state index in [-0.39, 0.29) is 74.9 Å². The number of aromatic hydroxyl groups is 4. The molecule has 0 amide bonds. The van der Waals surface area contributed by atoms with Crippen LogP contribution in [0.5, 0.6) is 23.0 Å². The second kappa shape index (κ2) is 19.0. The number of phenolic OH excluding ortho intramolecular Hbond substituents is 4. The van der Waals surface area contributed by atoms with E-state index >= 15 is 0 Å². The smallest absolute Gasteiger partial charge is 0.175 e. The van der Waals surface area contributed by atoms with Crippen molar-refractivity contribution in [3.05, 3.63) is 24.3 Å². The van der Waals surface area contributed by atoms with Crippen molar-refractivity contribution in [1.29, 1.82) is 0 Å². The van der Waals surface area contributed by atoms with Crippen LogP contribution in [0.3, 0.4) is 0 Å². The van der Waals surface area contributed by atoms with Crippen LogP contribution in [-0.2, 0) is 40.5 Å². The predicted octanol–water partition coefficient (Wildman–Crippen LogP) is -8.34. The molecule has 0 aromatic heterocycles. The van der Waals surface area contributed by atoms with E-state index < -0.39 is 83.1 Å². The molecule has 18 N–H and O–H groups in total. The summed E-state index contributed by atoms with van der Waals surface area (Å²) in [5.74, 6) is -4.98. The maximum Gasteiger partial charge on any atom is 0.175 e. The molecule has 0 atom stereocenters. The molecular formula is C12H22O23S4Sb-4. The van der Waals surface area contributed by atoms with Crippen LogP contribution < -0.4 is 0 Å². The van der Waals surface area contributed by atoms with Gasteiger partial charge in [-0.1, -0.05) is 0 Å². The molecule has 0 aliphatic heterocycles. The molecule has 3 radical (unpaired) electrons. The fourth-order valence-corrected chi connectivity index (χ4v) is 4.22. The Morgan fingerprint density at radius 2 is 0.625 bits per heavy atom. The van der Waals surface area contributed by atoms with Crippen LogP contribution in [0.4, 0.5) is 0 Å². The Morgan fingerprint density at radius 3 is 0.775 bits per heavy atom. The molecule has 2 aromatic rings. The summed E-state index contributed by atoms with van der Waals surface area (Å²) in [4.78, 5) is -5.00. The largest absolute Gasteiger partial charge is 0.744 e. The molecule has 0 saturated heterocycles. The minimum atomic E-state index is -5.20. The SMILES string of the molecule is O.O.O.O.O.O.O.O=S(=O)([O-])c1cc(O)c(O)c(S(=O)(=O)[O-])c1.O=S(=O)([O-])c1cc(O)c(O)c(S(=O)(=O)[O-])c1.[Sb]. The normalized spacial score (nSPS) is 10.1. The third-order valence-electron chi connectivity index (χ3n) is 3.17. The summed E-state index contributed by atoms with van der Waals surface area (Å²) in [5, 5.41) is 35.9. The minimum Gasteiger partial charge on any atom is -0.744 e. The Labute approximate surface area is 241 Å². The van der Waals surface area contributed by atoms with Crippen molar-refractivity contribution >= 4 is 64.9 Å². The van der Waals surface area contributed by atoms with E-state index in [2.05, 4.69) is 0 Å². The fourth-order valence-electron chi connectivity index (χ4n) is 1.81. The van der Waals surface area contributed by atoms with E-state index in [0.717, 1.165) is 0 Å². The summed E-state index contributed by atoms with van der Waals surface area (Å²) in [6, 6.07) is 1.04. The van der Waals surface area contributed by atoms with Gasteiger partial charge in [-0.05, 0) is 12.1 Å². The van der Waals surface area contributed by atoms with E-state index in [0.29, 0.717) is 12.1 Å². The van der Waals surface area contributed by atoms with Gasteiger partial charge < -0.3 is 77.0 Å². The first-order valence-corrected chi connectivity index (χ1v) is 12.7. The van der Waals surface area contributed by atoms with Gasteiger partial charge in [-0.3, -0.25) is 0 Å². The first kappa shape index (κ1) is 57.7. The monoisotopic (exact) mass is 783 g/mol. The van der Waals surface area contributed by atoms with Crippen molar-refractivity contribution in [2.75, 3.05) is 0 Å². The summed E-state index contributed by atoms with van der Waals surface area (Å²) in [6.07, 6.45) is 0. The van der Waals surface area contributed by atoms with Crippen LogP contribution in [0.15, 0.2) is 43.8 Å². The maximum absolute atomic E-state index is 10.6. The van der Waals surface area contributed by atoms with Crippen molar-refractivity contribution in [3.8, 4) is 23.0 Å². The maximum atomic E-state index is 10.6. The Bertz CT molecular complexity index is 1380. The molecule has 0 aliphatic carbocycles. The Balaban J connectivity index is -0.0000000711. The Hall–Kier alpha value is -2.18. The summed E-state index contributed by atoms with van der Waals surface area (Å²) in [6.45, 7) is 0. The van der Waals surface area contributed by atoms with Gasteiger partial charge in [-0.2, -0.15) is 0 Å². The molecule has 2 rings (SSSR count). The van der Waals surface area contributed by atoms with E-state index in [1.54, 1.807) is 0 Å². The molecule has 0 unspecified atom stereocenters. The van der Waals surface area contributed by atoms with Crippen LogP contribution in [0.1, 0.15) is 0 Å². The minimum absolute atomic E-state index is 0. The number of rotatable bonds is 4. The molecule has 0 aliphatic rings. The molecule has 0 saturated carbocycles. The molecule has 0 fully saturated rings. The molecule has 28 heteroatoms. The van der Waals surface area contributed by atoms with Crippen molar-refractivity contribution in [3.63, 3.8) is 0 Å². The van der Waals surface area contributed by atoms with Crippen LogP contribution in [0.25, 0.3) is 0 Å². The average molecular weight is 784 g/mol. The molecule has 0 bridgehead atoms. The summed E-state index contributed by atoms with van der Waals surface area (Å²) >= 11 is 0. The van der Waals surface area contributed by atoms with Crippen LogP contribution >= 0.6 is 0 Å². The van der Waals surface area contributed by atoms with E-state index in [1.807, 2.05) is 0 Å². The van der Waals surface area contributed by atoms with Crippen molar-refractivity contribution in [2.24, 2.45) is 0 Å². The molecule has 0 spiro atoms. The molecule has 2 aromatic carbocycles. The third-order valence-corrected chi connectivity index (χ3v) is 6.50. The molecular weight excluding hydrogens is 762 g/mol. The summed E-state index contributed by atoms with van der Waals surface area (Å²) < 4.78 is 127. The number of benzene rings is 2. The van der Waals surface area contributed by atoms with Crippen molar-refractivity contribution in [2.45, 2.75) is 19.6 Å². The van der Waals surface area contributed by atoms with Crippen LogP contribution in [0, 0.1) is 0 Å². The van der Waals surface area contributed by atoms with E-state index in [4.69, 9.17) is 20.4 Å². The Morgan fingerprint density at radius 1 is 0.425 bits per heavy atom. The standard InChI is InChI=1S/2C6H6O8S2.7H2O.Sb/c2*7-4-1-3(15(9,10)11)2-5(6(4)8)16(12,13)14;;;;;;;;/h2*1-2,7-8H,(H,9,10,11)(H,12,13,14);7*1H2;/p-4. The number of hydrogen-bond donors (Lipinski definition) is 4. The quantitative estimate of drug-likeness (QED) is 0.127. The second-order valence-electron chi connectivity index (χ2n) is 5.39. The number of phenols is 4. The van der Waals surface area contributed by atoms with Gasteiger partial charge in [-0.25, -0.2) is 33.7 Å². The van der Waals surface area contributed by atoms with Crippen LogP contribution in [-0.4, -0.2) is 135 Å². The number of hydrogen-bond acceptors (Lipinski definition) is 16. The predicted molar refractivity (Wildman–Crippen MR) is 122 cm³/mol. The van der Waals surface area contributed by atoms with Crippen molar-refractivity contribution < 1.29 is 111 Å². The van der Waals surface area contributed by atoms with Gasteiger partial charge in [0.1, 0.15) is 50.3 Å². The first-order valence-electron chi connectivity index (χ1n) is 7.02. The fraction of sp³-hybridized carbons (Fsp3) is 0. The zero-order valence-electron chi connectivity index (χ0n) is 18.6. The van der Waals surface area contributed by atoms with Gasteiger partial charge in [0.2, 0.25) is 0 Å². The van der Waals surface area contributed by atoms with Gasteiger partial charge >= 0.3 is 0 Å². The molecule has 241 valence electrons. The van der Waals surface area contributed by atoms with Gasteiger partial charge in [-0.15, -0.1) is 0 Å². The zero-order valence-corrected chi connectivity index (χ0v) is 24.4. The molecule has 23 nitrogen and oxygen atoms in total.